The molecule has 0 fully saturated rings. The van der Waals surface area contributed by atoms with Crippen LogP contribution in [0.4, 0.5) is 0 Å². The minimum absolute atomic E-state index is 0.121. The van der Waals surface area contributed by atoms with Crippen LogP contribution in [0.1, 0.15) is 22.4 Å². The van der Waals surface area contributed by atoms with Crippen molar-refractivity contribution in [2.45, 2.75) is 20.0 Å². The molecule has 0 N–H and O–H groups in total. The van der Waals surface area contributed by atoms with Crippen molar-refractivity contribution in [3.05, 3.63) is 87.4 Å². The summed E-state index contributed by atoms with van der Waals surface area (Å²) in [7, 11) is 1.75. The maximum Gasteiger partial charge on any atom is 0.246 e. The topological polar surface area (TPSA) is 51.0 Å². The fourth-order valence-electron chi connectivity index (χ4n) is 2.75. The lowest BCUT2D eigenvalue weighted by molar-refractivity contribution is -0.125. The van der Waals surface area contributed by atoms with E-state index in [2.05, 4.69) is 10.1 Å². The summed E-state index contributed by atoms with van der Waals surface area (Å²) >= 11 is 12.4. The molecule has 3 rings (SSSR count). The Bertz CT molecular complexity index is 982. The van der Waals surface area contributed by atoms with E-state index in [9.17, 15) is 4.79 Å². The fraction of sp³-hybridized carbons (Fsp3) is 0.190. The van der Waals surface area contributed by atoms with Crippen molar-refractivity contribution in [2.24, 2.45) is 0 Å². The van der Waals surface area contributed by atoms with Crippen LogP contribution in [0.15, 0.2) is 54.9 Å². The van der Waals surface area contributed by atoms with Crippen LogP contribution in [0.25, 0.3) is 6.08 Å². The zero-order valence-corrected chi connectivity index (χ0v) is 17.2. The molecule has 0 spiro atoms. The molecule has 0 unspecified atom stereocenters. The number of amides is 1. The number of aryl methyl sites for hydroxylation is 1. The van der Waals surface area contributed by atoms with Crippen molar-refractivity contribution in [3.63, 3.8) is 0 Å². The summed E-state index contributed by atoms with van der Waals surface area (Å²) in [5.74, 6) is -0.121. The largest absolute Gasteiger partial charge is 0.338 e. The number of pyridine rings is 1. The third-order valence-corrected chi connectivity index (χ3v) is 4.92. The molecule has 0 saturated carbocycles. The molecule has 0 saturated heterocycles. The van der Waals surface area contributed by atoms with Crippen molar-refractivity contribution in [2.75, 3.05) is 7.05 Å². The fourth-order valence-corrected chi connectivity index (χ4v) is 3.17. The monoisotopic (exact) mass is 414 g/mol. The molecule has 2 heterocycles. The molecule has 0 atom stereocenters. The maximum atomic E-state index is 12.4. The smallest absolute Gasteiger partial charge is 0.246 e. The van der Waals surface area contributed by atoms with Gasteiger partial charge in [-0.3, -0.25) is 9.78 Å². The molecule has 3 aromatic rings. The summed E-state index contributed by atoms with van der Waals surface area (Å²) in [5, 5.41) is 5.66. The first-order chi connectivity index (χ1) is 13.4. The molecule has 0 aliphatic rings. The normalized spacial score (nSPS) is 11.1. The highest BCUT2D eigenvalue weighted by atomic mass is 35.5. The average molecular weight is 415 g/mol. The number of halogens is 2. The van der Waals surface area contributed by atoms with E-state index in [1.165, 1.54) is 6.08 Å². The summed E-state index contributed by atoms with van der Waals surface area (Å²) in [4.78, 5) is 18.1. The number of hydrogen-bond acceptors (Lipinski definition) is 3. The van der Waals surface area contributed by atoms with E-state index in [1.807, 2.05) is 43.3 Å². The molecule has 7 heteroatoms. The van der Waals surface area contributed by atoms with E-state index >= 15 is 0 Å². The van der Waals surface area contributed by atoms with E-state index in [4.69, 9.17) is 23.2 Å². The Hall–Kier alpha value is -2.63. The molecule has 2 aromatic heterocycles. The molecular formula is C21H20Cl2N4O. The van der Waals surface area contributed by atoms with Crippen molar-refractivity contribution >= 4 is 35.2 Å². The van der Waals surface area contributed by atoms with Crippen molar-refractivity contribution in [3.8, 4) is 0 Å². The minimum atomic E-state index is -0.121. The highest BCUT2D eigenvalue weighted by Crippen LogP contribution is 2.23. The van der Waals surface area contributed by atoms with E-state index in [1.54, 1.807) is 35.1 Å². The van der Waals surface area contributed by atoms with Gasteiger partial charge < -0.3 is 4.90 Å². The van der Waals surface area contributed by atoms with Crippen LogP contribution in [0.5, 0.6) is 0 Å². The zero-order chi connectivity index (χ0) is 20.1. The molecule has 1 aromatic carbocycles. The Morgan fingerprint density at radius 2 is 1.93 bits per heavy atom. The molecule has 0 aliphatic heterocycles. The van der Waals surface area contributed by atoms with Gasteiger partial charge in [-0.1, -0.05) is 41.4 Å². The van der Waals surface area contributed by atoms with Crippen molar-refractivity contribution in [1.82, 2.24) is 19.7 Å². The summed E-state index contributed by atoms with van der Waals surface area (Å²) in [6.45, 7) is 2.88. The van der Waals surface area contributed by atoms with Gasteiger partial charge in [-0.2, -0.15) is 5.10 Å². The number of carbonyl (C=O) groups excluding carboxylic acids is 1. The van der Waals surface area contributed by atoms with Crippen molar-refractivity contribution in [1.29, 1.82) is 0 Å². The summed E-state index contributed by atoms with van der Waals surface area (Å²) in [5.41, 5.74) is 3.50. The van der Waals surface area contributed by atoms with E-state index in [0.29, 0.717) is 23.3 Å². The summed E-state index contributed by atoms with van der Waals surface area (Å²) in [6.07, 6.45) is 6.68. The van der Waals surface area contributed by atoms with Gasteiger partial charge in [0, 0.05) is 42.6 Å². The van der Waals surface area contributed by atoms with Crippen LogP contribution in [0.2, 0.25) is 10.2 Å². The van der Waals surface area contributed by atoms with Crippen LogP contribution in [-0.2, 0) is 17.9 Å². The van der Waals surface area contributed by atoms with Gasteiger partial charge in [0.05, 0.1) is 12.2 Å². The number of benzene rings is 1. The quantitative estimate of drug-likeness (QED) is 0.553. The van der Waals surface area contributed by atoms with E-state index in [0.717, 1.165) is 22.4 Å². The lowest BCUT2D eigenvalue weighted by atomic mass is 10.2. The Morgan fingerprint density at radius 3 is 2.61 bits per heavy atom. The first-order valence-corrected chi connectivity index (χ1v) is 9.49. The van der Waals surface area contributed by atoms with Gasteiger partial charge >= 0.3 is 0 Å². The highest BCUT2D eigenvalue weighted by molar-refractivity contribution is 6.31. The van der Waals surface area contributed by atoms with Gasteiger partial charge in [0.25, 0.3) is 0 Å². The van der Waals surface area contributed by atoms with Gasteiger partial charge in [-0.05, 0) is 42.3 Å². The molecule has 28 heavy (non-hydrogen) atoms. The second-order valence-corrected chi connectivity index (χ2v) is 7.26. The SMILES string of the molecule is Cc1nn(Cc2ccc(Cl)cc2)c(Cl)c1C=CC(=O)N(C)Cc1cccnc1. The van der Waals surface area contributed by atoms with Gasteiger partial charge in [-0.25, -0.2) is 4.68 Å². The Kier molecular flexibility index (Phi) is 6.49. The maximum absolute atomic E-state index is 12.4. The number of carbonyl (C=O) groups is 1. The molecule has 0 radical (unpaired) electrons. The third kappa shape index (κ3) is 5.00. The number of hydrogen-bond donors (Lipinski definition) is 0. The Balaban J connectivity index is 1.70. The number of aromatic nitrogens is 3. The predicted octanol–water partition coefficient (Wildman–Crippen LogP) is 4.61. The standard InChI is InChI=1S/C21H20Cl2N4O/c1-15-19(9-10-20(28)26(2)13-17-4-3-11-24-12-17)21(23)27(25-15)14-16-5-7-18(22)8-6-16/h3-12H,13-14H2,1-2H3. The van der Waals surface area contributed by atoms with Crippen LogP contribution >= 0.6 is 23.2 Å². The molecule has 0 bridgehead atoms. The van der Waals surface area contributed by atoms with E-state index < -0.39 is 0 Å². The van der Waals surface area contributed by atoms with Crippen LogP contribution in [0, 0.1) is 6.92 Å². The Morgan fingerprint density at radius 1 is 1.18 bits per heavy atom. The second-order valence-electron chi connectivity index (χ2n) is 6.46. The Labute approximate surface area is 174 Å². The lowest BCUT2D eigenvalue weighted by Gasteiger charge is -2.14. The molecule has 0 aliphatic carbocycles. The van der Waals surface area contributed by atoms with Gasteiger partial charge in [0.15, 0.2) is 0 Å². The first-order valence-electron chi connectivity index (χ1n) is 8.73. The number of nitrogens with zero attached hydrogens (tertiary/aromatic N) is 4. The van der Waals surface area contributed by atoms with Crippen LogP contribution in [0.3, 0.4) is 0 Å². The van der Waals surface area contributed by atoms with Crippen molar-refractivity contribution < 1.29 is 4.79 Å². The number of rotatable bonds is 6. The van der Waals surface area contributed by atoms with E-state index in [-0.39, 0.29) is 5.91 Å². The van der Waals surface area contributed by atoms with Crippen LogP contribution < -0.4 is 0 Å². The summed E-state index contributed by atoms with van der Waals surface area (Å²) < 4.78 is 1.71. The van der Waals surface area contributed by atoms with Crippen LogP contribution in [-0.4, -0.2) is 32.6 Å². The average Bonchev–Trinajstić information content (AvgIpc) is 2.95. The molecule has 1 amide bonds. The predicted molar refractivity (Wildman–Crippen MR) is 112 cm³/mol. The molecule has 144 valence electrons. The summed E-state index contributed by atoms with van der Waals surface area (Å²) in [6, 6.07) is 11.3. The van der Waals surface area contributed by atoms with Gasteiger partial charge in [-0.15, -0.1) is 0 Å². The number of likely N-dealkylation sites (N-methyl/N-ethyl adjacent to an activating group) is 1. The highest BCUT2D eigenvalue weighted by Gasteiger charge is 2.13. The lowest BCUT2D eigenvalue weighted by Crippen LogP contribution is -2.24. The van der Waals surface area contributed by atoms with Gasteiger partial charge in [0.2, 0.25) is 5.91 Å². The molecular weight excluding hydrogens is 395 g/mol. The minimum Gasteiger partial charge on any atom is -0.338 e. The zero-order valence-electron chi connectivity index (χ0n) is 15.6. The van der Waals surface area contributed by atoms with Gasteiger partial charge in [0.1, 0.15) is 5.15 Å². The first kappa shape index (κ1) is 20.1. The molecule has 5 nitrogen and oxygen atoms in total. The third-order valence-electron chi connectivity index (χ3n) is 4.27. The second kappa shape index (κ2) is 9.04.